The van der Waals surface area contributed by atoms with Crippen molar-refractivity contribution in [2.45, 2.75) is 32.7 Å². The molecule has 88 valence electrons. The highest BCUT2D eigenvalue weighted by atomic mass is 16.4. The summed E-state index contributed by atoms with van der Waals surface area (Å²) >= 11 is 0. The van der Waals surface area contributed by atoms with Gasteiger partial charge in [0, 0.05) is 0 Å². The number of carbonyl (C=O) groups is 2. The Balaban J connectivity index is 2.98. The summed E-state index contributed by atoms with van der Waals surface area (Å²) in [5.74, 6) is -1.71. The molecule has 0 aliphatic carbocycles. The number of primary amides is 1. The molecule has 0 atom stereocenters. The summed E-state index contributed by atoms with van der Waals surface area (Å²) in [4.78, 5) is 21.6. The van der Waals surface area contributed by atoms with Crippen molar-refractivity contribution in [1.29, 1.82) is 0 Å². The molecule has 0 aromatic carbocycles. The molecule has 0 aliphatic rings. The van der Waals surface area contributed by atoms with Crippen LogP contribution in [0.1, 0.15) is 35.9 Å². The minimum Gasteiger partial charge on any atom is -0.476 e. The molecule has 0 saturated heterocycles. The van der Waals surface area contributed by atoms with Crippen LogP contribution < -0.4 is 5.73 Å². The van der Waals surface area contributed by atoms with E-state index in [1.165, 1.54) is 4.68 Å². The van der Waals surface area contributed by atoms with Gasteiger partial charge < -0.3 is 10.8 Å². The Hall–Kier alpha value is -1.92. The molecule has 7 heteroatoms. The second kappa shape index (κ2) is 5.24. The summed E-state index contributed by atoms with van der Waals surface area (Å²) in [6.45, 7) is 1.85. The van der Waals surface area contributed by atoms with Crippen molar-refractivity contribution in [3.05, 3.63) is 11.4 Å². The molecule has 3 N–H and O–H groups in total. The Bertz CT molecular complexity index is 399. The van der Waals surface area contributed by atoms with Gasteiger partial charge in [0.15, 0.2) is 5.69 Å². The van der Waals surface area contributed by atoms with Crippen LogP contribution in [0.3, 0.4) is 0 Å². The number of nitrogens with zero attached hydrogens (tertiary/aromatic N) is 3. The second-order valence-electron chi connectivity index (χ2n) is 3.42. The average Bonchev–Trinajstić information content (AvgIpc) is 2.57. The van der Waals surface area contributed by atoms with Gasteiger partial charge in [-0.3, -0.25) is 4.79 Å². The zero-order valence-corrected chi connectivity index (χ0v) is 9.01. The van der Waals surface area contributed by atoms with Crippen molar-refractivity contribution in [3.63, 3.8) is 0 Å². The van der Waals surface area contributed by atoms with Gasteiger partial charge in [-0.2, -0.15) is 0 Å². The van der Waals surface area contributed by atoms with Crippen LogP contribution in [-0.2, 0) is 17.8 Å². The zero-order chi connectivity index (χ0) is 12.1. The van der Waals surface area contributed by atoms with Crippen molar-refractivity contribution in [2.75, 3.05) is 0 Å². The molecule has 16 heavy (non-hydrogen) atoms. The van der Waals surface area contributed by atoms with Crippen LogP contribution in [0.15, 0.2) is 0 Å². The summed E-state index contributed by atoms with van der Waals surface area (Å²) in [6, 6.07) is 0. The lowest BCUT2D eigenvalue weighted by Gasteiger charge is -2.03. The molecule has 0 saturated carbocycles. The summed E-state index contributed by atoms with van der Waals surface area (Å²) in [5, 5.41) is 16.0. The number of hydrogen-bond acceptors (Lipinski definition) is 4. The molecule has 1 heterocycles. The first kappa shape index (κ1) is 12.2. The van der Waals surface area contributed by atoms with E-state index in [4.69, 9.17) is 10.8 Å². The van der Waals surface area contributed by atoms with E-state index in [1.54, 1.807) is 0 Å². The number of carboxylic acids is 1. The van der Waals surface area contributed by atoms with Crippen LogP contribution >= 0.6 is 0 Å². The molecule has 0 fully saturated rings. The van der Waals surface area contributed by atoms with Gasteiger partial charge >= 0.3 is 5.97 Å². The van der Waals surface area contributed by atoms with Gasteiger partial charge in [0.05, 0.1) is 5.69 Å². The zero-order valence-electron chi connectivity index (χ0n) is 9.01. The van der Waals surface area contributed by atoms with Crippen molar-refractivity contribution < 1.29 is 14.7 Å². The second-order valence-corrected chi connectivity index (χ2v) is 3.42. The fourth-order valence-corrected chi connectivity index (χ4v) is 1.37. The van der Waals surface area contributed by atoms with Crippen molar-refractivity contribution >= 4 is 11.9 Å². The number of aromatic carboxylic acids is 1. The van der Waals surface area contributed by atoms with Crippen LogP contribution in [0.4, 0.5) is 0 Å². The molecule has 1 aromatic rings. The van der Waals surface area contributed by atoms with E-state index in [0.29, 0.717) is 12.1 Å². The van der Waals surface area contributed by atoms with E-state index >= 15 is 0 Å². The van der Waals surface area contributed by atoms with E-state index in [0.717, 1.165) is 12.8 Å². The predicted molar refractivity (Wildman–Crippen MR) is 54.8 cm³/mol. The van der Waals surface area contributed by atoms with E-state index in [9.17, 15) is 9.59 Å². The lowest BCUT2D eigenvalue weighted by atomic mass is 10.1. The first-order valence-electron chi connectivity index (χ1n) is 5.00. The van der Waals surface area contributed by atoms with Crippen LogP contribution in [0, 0.1) is 0 Å². The molecular formula is C9H14N4O3. The highest BCUT2D eigenvalue weighted by Gasteiger charge is 2.18. The van der Waals surface area contributed by atoms with Crippen LogP contribution in [0.25, 0.3) is 0 Å². The summed E-state index contributed by atoms with van der Waals surface area (Å²) in [6.07, 6.45) is 2.26. The van der Waals surface area contributed by atoms with Gasteiger partial charge in [-0.1, -0.05) is 18.6 Å². The Morgan fingerprint density at radius 2 is 2.19 bits per heavy atom. The highest BCUT2D eigenvalue weighted by molar-refractivity contribution is 5.86. The SMILES string of the molecule is CCCCc1c(C(=O)O)nnn1CC(N)=O. The smallest absolute Gasteiger partial charge is 0.358 e. The van der Waals surface area contributed by atoms with E-state index in [1.807, 2.05) is 6.92 Å². The maximum Gasteiger partial charge on any atom is 0.358 e. The monoisotopic (exact) mass is 226 g/mol. The minimum atomic E-state index is -1.14. The number of carbonyl (C=O) groups excluding carboxylic acids is 1. The lowest BCUT2D eigenvalue weighted by molar-refractivity contribution is -0.118. The van der Waals surface area contributed by atoms with Gasteiger partial charge in [0.2, 0.25) is 5.91 Å². The fraction of sp³-hybridized carbons (Fsp3) is 0.556. The van der Waals surface area contributed by atoms with Crippen LogP contribution in [0.5, 0.6) is 0 Å². The number of rotatable bonds is 6. The normalized spacial score (nSPS) is 10.3. The molecule has 1 aromatic heterocycles. The minimum absolute atomic E-state index is 0.102. The van der Waals surface area contributed by atoms with Crippen molar-refractivity contribution in [3.8, 4) is 0 Å². The predicted octanol–water partition coefficient (Wildman–Crippen LogP) is -0.196. The summed E-state index contributed by atoms with van der Waals surface area (Å²) in [5.41, 5.74) is 5.38. The van der Waals surface area contributed by atoms with Gasteiger partial charge in [-0.05, 0) is 12.8 Å². The Morgan fingerprint density at radius 1 is 1.50 bits per heavy atom. The van der Waals surface area contributed by atoms with Crippen LogP contribution in [0.2, 0.25) is 0 Å². The number of aromatic nitrogens is 3. The molecule has 0 radical (unpaired) electrons. The van der Waals surface area contributed by atoms with E-state index < -0.39 is 11.9 Å². The molecular weight excluding hydrogens is 212 g/mol. The number of nitrogens with two attached hydrogens (primary N) is 1. The highest BCUT2D eigenvalue weighted by Crippen LogP contribution is 2.09. The fourth-order valence-electron chi connectivity index (χ4n) is 1.37. The maximum absolute atomic E-state index is 10.9. The molecule has 0 bridgehead atoms. The number of carboxylic acid groups (broad SMARTS) is 1. The first-order chi connectivity index (χ1) is 7.56. The molecule has 7 nitrogen and oxygen atoms in total. The standard InChI is InChI=1S/C9H14N4O3/c1-2-3-4-6-8(9(15)16)11-12-13(6)5-7(10)14/h2-5H2,1H3,(H2,10,14)(H,15,16). The number of unbranched alkanes of at least 4 members (excludes halogenated alkanes) is 1. The van der Waals surface area contributed by atoms with Crippen LogP contribution in [-0.4, -0.2) is 32.0 Å². The Labute approximate surface area is 92.2 Å². The Kier molecular flexibility index (Phi) is 3.98. The first-order valence-corrected chi connectivity index (χ1v) is 5.00. The topological polar surface area (TPSA) is 111 Å². The largest absolute Gasteiger partial charge is 0.476 e. The lowest BCUT2D eigenvalue weighted by Crippen LogP contribution is -2.21. The van der Waals surface area contributed by atoms with E-state index in [-0.39, 0.29) is 12.2 Å². The third kappa shape index (κ3) is 2.78. The molecule has 0 spiro atoms. The maximum atomic E-state index is 10.9. The number of hydrogen-bond donors (Lipinski definition) is 2. The van der Waals surface area contributed by atoms with Gasteiger partial charge in [0.25, 0.3) is 0 Å². The third-order valence-corrected chi connectivity index (χ3v) is 2.11. The molecule has 1 amide bonds. The van der Waals surface area contributed by atoms with Gasteiger partial charge in [-0.25, -0.2) is 9.48 Å². The Morgan fingerprint density at radius 3 is 2.69 bits per heavy atom. The molecule has 0 unspecified atom stereocenters. The van der Waals surface area contributed by atoms with Gasteiger partial charge in [-0.15, -0.1) is 5.10 Å². The summed E-state index contributed by atoms with van der Waals surface area (Å²) < 4.78 is 1.25. The third-order valence-electron chi connectivity index (χ3n) is 2.11. The van der Waals surface area contributed by atoms with Crippen molar-refractivity contribution in [2.24, 2.45) is 5.73 Å². The van der Waals surface area contributed by atoms with Crippen molar-refractivity contribution in [1.82, 2.24) is 15.0 Å². The quantitative estimate of drug-likeness (QED) is 0.698. The van der Waals surface area contributed by atoms with Gasteiger partial charge in [0.1, 0.15) is 6.54 Å². The summed E-state index contributed by atoms with van der Waals surface area (Å²) in [7, 11) is 0. The molecule has 1 rings (SSSR count). The average molecular weight is 226 g/mol. The molecule has 0 aliphatic heterocycles. The van der Waals surface area contributed by atoms with E-state index in [2.05, 4.69) is 10.3 Å². The number of amides is 1.